The number of esters is 1. The summed E-state index contributed by atoms with van der Waals surface area (Å²) in [6.07, 6.45) is 0.364. The van der Waals surface area contributed by atoms with E-state index in [0.29, 0.717) is 64.6 Å². The van der Waals surface area contributed by atoms with Crippen molar-refractivity contribution < 1.29 is 19.1 Å². The first kappa shape index (κ1) is 28.9. The Morgan fingerprint density at radius 1 is 1.07 bits per heavy atom. The number of rotatable bonds is 6. The smallest absolute Gasteiger partial charge is 0.330 e. The van der Waals surface area contributed by atoms with Gasteiger partial charge >= 0.3 is 5.97 Å². The predicted molar refractivity (Wildman–Crippen MR) is 157 cm³/mol. The van der Waals surface area contributed by atoms with Gasteiger partial charge in [-0.1, -0.05) is 23.2 Å². The lowest BCUT2D eigenvalue weighted by Crippen LogP contribution is -2.50. The summed E-state index contributed by atoms with van der Waals surface area (Å²) in [4.78, 5) is 47.8. The number of amides is 1. The topological polar surface area (TPSA) is 106 Å². The molecule has 1 N–H and O–H groups in total. The number of aromatic nitrogens is 2. The number of nitrogens with zero attached hydrogens (tertiary/aromatic N) is 4. The van der Waals surface area contributed by atoms with E-state index in [1.54, 1.807) is 27.7 Å². The van der Waals surface area contributed by atoms with Gasteiger partial charge < -0.3 is 24.6 Å². The molecule has 0 radical (unpaired) electrons. The third-order valence-electron chi connectivity index (χ3n) is 7.15. The van der Waals surface area contributed by atoms with Crippen LogP contribution < -0.4 is 15.8 Å². The van der Waals surface area contributed by atoms with Gasteiger partial charge in [0, 0.05) is 35.9 Å². The van der Waals surface area contributed by atoms with Crippen LogP contribution >= 0.6 is 23.2 Å². The average molecular weight is 601 g/mol. The Balaban J connectivity index is 1.46. The minimum Gasteiger partial charge on any atom is -0.467 e. The fourth-order valence-electron chi connectivity index (χ4n) is 5.11. The summed E-state index contributed by atoms with van der Waals surface area (Å²) in [5.74, 6) is -0.180. The van der Waals surface area contributed by atoms with Crippen LogP contribution in [-0.4, -0.2) is 71.8 Å². The van der Waals surface area contributed by atoms with E-state index in [2.05, 4.69) is 5.32 Å². The maximum atomic E-state index is 13.9. The molecule has 1 unspecified atom stereocenters. The molecule has 3 aromatic rings. The normalized spacial score (nSPS) is 16.9. The van der Waals surface area contributed by atoms with E-state index in [0.717, 1.165) is 5.69 Å². The van der Waals surface area contributed by atoms with Gasteiger partial charge in [0.15, 0.2) is 6.04 Å². The number of halogens is 2. The van der Waals surface area contributed by atoms with E-state index in [9.17, 15) is 14.4 Å². The van der Waals surface area contributed by atoms with Gasteiger partial charge in [-0.2, -0.15) is 0 Å². The molecule has 216 valence electrons. The Bertz CT molecular complexity index is 1530. The summed E-state index contributed by atoms with van der Waals surface area (Å²) in [6, 6.07) is 11.7. The molecule has 2 aliphatic rings. The van der Waals surface area contributed by atoms with Crippen molar-refractivity contribution >= 4 is 46.7 Å². The molecule has 1 fully saturated rings. The van der Waals surface area contributed by atoms with Crippen molar-refractivity contribution in [3.63, 3.8) is 0 Å². The third kappa shape index (κ3) is 5.91. The first-order valence-electron chi connectivity index (χ1n) is 13.4. The SMILES string of the molecule is COC(=O)C1COCCN1c1ccc(-n2c(NC(C)C)nc3c(c2=O)CCN(C(=O)c2ccc(Cl)c(Cl)c2)C3)cc1. The van der Waals surface area contributed by atoms with Crippen LogP contribution in [0.1, 0.15) is 35.5 Å². The molecule has 10 nitrogen and oxygen atoms in total. The van der Waals surface area contributed by atoms with Crippen LogP contribution in [0.2, 0.25) is 10.0 Å². The van der Waals surface area contributed by atoms with Gasteiger partial charge in [-0.3, -0.25) is 9.59 Å². The Kier molecular flexibility index (Phi) is 8.53. The highest BCUT2D eigenvalue weighted by Gasteiger charge is 2.31. The van der Waals surface area contributed by atoms with E-state index in [-0.39, 0.29) is 36.6 Å². The molecule has 0 aliphatic carbocycles. The van der Waals surface area contributed by atoms with Crippen LogP contribution in [0.15, 0.2) is 47.3 Å². The number of hydrogen-bond donors (Lipinski definition) is 1. The van der Waals surface area contributed by atoms with Gasteiger partial charge in [0.05, 0.1) is 48.3 Å². The second-order valence-electron chi connectivity index (χ2n) is 10.2. The van der Waals surface area contributed by atoms with Crippen molar-refractivity contribution in [3.05, 3.63) is 79.7 Å². The maximum Gasteiger partial charge on any atom is 0.330 e. The molecule has 2 aliphatic heterocycles. The van der Waals surface area contributed by atoms with Crippen molar-refractivity contribution in [2.24, 2.45) is 0 Å². The number of morpholine rings is 1. The fraction of sp³-hybridized carbons (Fsp3) is 0.379. The predicted octanol–water partition coefficient (Wildman–Crippen LogP) is 3.94. The van der Waals surface area contributed by atoms with E-state index < -0.39 is 6.04 Å². The molecular weight excluding hydrogens is 569 g/mol. The molecule has 3 heterocycles. The second kappa shape index (κ2) is 12.1. The minimum absolute atomic E-state index is 0.00262. The highest BCUT2D eigenvalue weighted by Crippen LogP contribution is 2.27. The molecule has 1 aromatic heterocycles. The Hall–Kier alpha value is -3.60. The first-order valence-corrected chi connectivity index (χ1v) is 14.1. The molecule has 2 aromatic carbocycles. The summed E-state index contributed by atoms with van der Waals surface area (Å²) in [5.41, 5.74) is 2.81. The highest BCUT2D eigenvalue weighted by molar-refractivity contribution is 6.42. The Labute approximate surface area is 247 Å². The van der Waals surface area contributed by atoms with Crippen molar-refractivity contribution in [1.82, 2.24) is 14.5 Å². The zero-order chi connectivity index (χ0) is 29.3. The fourth-order valence-corrected chi connectivity index (χ4v) is 5.40. The van der Waals surface area contributed by atoms with Crippen LogP contribution in [0.4, 0.5) is 11.6 Å². The first-order chi connectivity index (χ1) is 19.7. The number of fused-ring (bicyclic) bond motifs is 1. The lowest BCUT2D eigenvalue weighted by molar-refractivity contribution is -0.144. The molecule has 1 amide bonds. The van der Waals surface area contributed by atoms with Crippen LogP contribution in [0.25, 0.3) is 5.69 Å². The molecule has 0 spiro atoms. The molecule has 0 bridgehead atoms. The van der Waals surface area contributed by atoms with Gasteiger partial charge in [0.25, 0.3) is 11.5 Å². The lowest BCUT2D eigenvalue weighted by Gasteiger charge is -2.35. The van der Waals surface area contributed by atoms with Crippen LogP contribution in [0.5, 0.6) is 0 Å². The molecule has 12 heteroatoms. The number of carbonyl (C=O) groups is 2. The van der Waals surface area contributed by atoms with E-state index in [4.69, 9.17) is 37.7 Å². The van der Waals surface area contributed by atoms with Crippen molar-refractivity contribution in [1.29, 1.82) is 0 Å². The number of ether oxygens (including phenoxy) is 2. The number of nitrogens with one attached hydrogen (secondary N) is 1. The molecule has 41 heavy (non-hydrogen) atoms. The van der Waals surface area contributed by atoms with Crippen LogP contribution in [-0.2, 0) is 27.2 Å². The van der Waals surface area contributed by atoms with Gasteiger partial charge in [0.2, 0.25) is 5.95 Å². The van der Waals surface area contributed by atoms with Crippen molar-refractivity contribution in [2.45, 2.75) is 38.9 Å². The summed E-state index contributed by atoms with van der Waals surface area (Å²) in [7, 11) is 1.36. The second-order valence-corrected chi connectivity index (χ2v) is 11.0. The molecular formula is C29H31Cl2N5O5. The summed E-state index contributed by atoms with van der Waals surface area (Å²) >= 11 is 12.1. The number of anilines is 2. The maximum absolute atomic E-state index is 13.9. The van der Waals surface area contributed by atoms with E-state index in [1.807, 2.05) is 43.0 Å². The molecule has 1 atom stereocenters. The van der Waals surface area contributed by atoms with E-state index >= 15 is 0 Å². The zero-order valence-corrected chi connectivity index (χ0v) is 24.5. The third-order valence-corrected chi connectivity index (χ3v) is 7.89. The monoisotopic (exact) mass is 599 g/mol. The molecule has 0 saturated carbocycles. The zero-order valence-electron chi connectivity index (χ0n) is 23.0. The largest absolute Gasteiger partial charge is 0.467 e. The highest BCUT2D eigenvalue weighted by atomic mass is 35.5. The van der Waals surface area contributed by atoms with Crippen LogP contribution in [0, 0.1) is 0 Å². The standard InChI is InChI=1S/C29H31Cl2N5O5/c1-17(2)32-29-33-24-15-34(26(37)18-4-9-22(30)23(31)14-18)11-10-21(24)27(38)36(29)20-7-5-19(6-8-20)35-12-13-41-16-25(35)28(39)40-3/h4-9,14,17,25H,10-13,15-16H2,1-3H3,(H,32,33). The van der Waals surface area contributed by atoms with Crippen molar-refractivity contribution in [2.75, 3.05) is 43.6 Å². The van der Waals surface area contributed by atoms with Gasteiger partial charge in [-0.25, -0.2) is 14.3 Å². The van der Waals surface area contributed by atoms with Gasteiger partial charge in [0.1, 0.15) is 0 Å². The van der Waals surface area contributed by atoms with Crippen molar-refractivity contribution in [3.8, 4) is 5.69 Å². The Morgan fingerprint density at radius 2 is 1.80 bits per heavy atom. The number of hydrogen-bond acceptors (Lipinski definition) is 8. The Morgan fingerprint density at radius 3 is 2.49 bits per heavy atom. The lowest BCUT2D eigenvalue weighted by atomic mass is 10.0. The number of methoxy groups -OCH3 is 1. The molecule has 5 rings (SSSR count). The van der Waals surface area contributed by atoms with Gasteiger partial charge in [-0.05, 0) is 62.7 Å². The minimum atomic E-state index is -0.541. The van der Waals surface area contributed by atoms with Gasteiger partial charge in [-0.15, -0.1) is 0 Å². The van der Waals surface area contributed by atoms with E-state index in [1.165, 1.54) is 7.11 Å². The summed E-state index contributed by atoms with van der Waals surface area (Å²) in [5, 5.41) is 3.97. The average Bonchev–Trinajstić information content (AvgIpc) is 2.97. The number of benzene rings is 2. The summed E-state index contributed by atoms with van der Waals surface area (Å²) in [6.45, 7) is 5.77. The quantitative estimate of drug-likeness (QED) is 0.425. The van der Waals surface area contributed by atoms with Crippen LogP contribution in [0.3, 0.4) is 0 Å². The number of carbonyl (C=O) groups excluding carboxylic acids is 2. The molecule has 1 saturated heterocycles. The summed E-state index contributed by atoms with van der Waals surface area (Å²) < 4.78 is 12.0.